The molecular formula is C6H11N3O. The minimum Gasteiger partial charge on any atom is -0.367 e. The van der Waals surface area contributed by atoms with Crippen LogP contribution in [-0.2, 0) is 4.79 Å². The molecule has 1 amide bonds. The number of nitrogens with one attached hydrogen (secondary N) is 1. The van der Waals surface area contributed by atoms with Gasteiger partial charge in [-0.2, -0.15) is 5.26 Å². The van der Waals surface area contributed by atoms with Gasteiger partial charge in [0.05, 0.1) is 6.07 Å². The first kappa shape index (κ1) is 8.92. The van der Waals surface area contributed by atoms with Crippen molar-refractivity contribution >= 4 is 5.91 Å². The molecular weight excluding hydrogens is 130 g/mol. The SMILES string of the molecule is CC(C)NC(C#N)C(N)=O. The number of nitriles is 1. The molecule has 0 saturated heterocycles. The van der Waals surface area contributed by atoms with Crippen molar-refractivity contribution in [1.82, 2.24) is 5.32 Å². The summed E-state index contributed by atoms with van der Waals surface area (Å²) in [5.41, 5.74) is 4.87. The van der Waals surface area contributed by atoms with E-state index in [0.29, 0.717) is 0 Å². The van der Waals surface area contributed by atoms with Gasteiger partial charge in [-0.1, -0.05) is 0 Å². The van der Waals surface area contributed by atoms with E-state index in [4.69, 9.17) is 11.0 Å². The quantitative estimate of drug-likeness (QED) is 0.548. The van der Waals surface area contributed by atoms with Crippen molar-refractivity contribution in [3.8, 4) is 6.07 Å². The van der Waals surface area contributed by atoms with Gasteiger partial charge in [0, 0.05) is 6.04 Å². The summed E-state index contributed by atoms with van der Waals surface area (Å²) >= 11 is 0. The Bertz CT molecular complexity index is 159. The molecule has 0 bridgehead atoms. The van der Waals surface area contributed by atoms with Gasteiger partial charge >= 0.3 is 0 Å². The van der Waals surface area contributed by atoms with Gasteiger partial charge in [0.1, 0.15) is 0 Å². The Balaban J connectivity index is 3.88. The van der Waals surface area contributed by atoms with E-state index in [-0.39, 0.29) is 6.04 Å². The third-order valence-corrected chi connectivity index (χ3v) is 0.914. The van der Waals surface area contributed by atoms with Crippen molar-refractivity contribution in [1.29, 1.82) is 5.26 Å². The van der Waals surface area contributed by atoms with E-state index in [0.717, 1.165) is 0 Å². The highest BCUT2D eigenvalue weighted by molar-refractivity contribution is 5.82. The van der Waals surface area contributed by atoms with Gasteiger partial charge in [0.2, 0.25) is 5.91 Å². The minimum atomic E-state index is -0.861. The fourth-order valence-electron chi connectivity index (χ4n) is 0.516. The lowest BCUT2D eigenvalue weighted by Crippen LogP contribution is -2.43. The van der Waals surface area contributed by atoms with E-state index in [1.54, 1.807) is 6.07 Å². The van der Waals surface area contributed by atoms with E-state index < -0.39 is 11.9 Å². The highest BCUT2D eigenvalue weighted by atomic mass is 16.1. The van der Waals surface area contributed by atoms with Gasteiger partial charge in [-0.25, -0.2) is 0 Å². The summed E-state index contributed by atoms with van der Waals surface area (Å²) in [6.45, 7) is 3.68. The number of carbonyl (C=O) groups is 1. The summed E-state index contributed by atoms with van der Waals surface area (Å²) in [4.78, 5) is 10.4. The molecule has 4 heteroatoms. The van der Waals surface area contributed by atoms with Crippen LogP contribution in [0.25, 0.3) is 0 Å². The lowest BCUT2D eigenvalue weighted by atomic mass is 10.2. The molecule has 56 valence electrons. The molecule has 0 heterocycles. The van der Waals surface area contributed by atoms with E-state index in [1.807, 2.05) is 13.8 Å². The van der Waals surface area contributed by atoms with Crippen LogP contribution >= 0.6 is 0 Å². The molecule has 1 atom stereocenters. The second-order valence-electron chi connectivity index (χ2n) is 2.29. The molecule has 0 aliphatic rings. The first-order valence-corrected chi connectivity index (χ1v) is 3.03. The second-order valence-corrected chi connectivity index (χ2v) is 2.29. The van der Waals surface area contributed by atoms with E-state index in [9.17, 15) is 4.79 Å². The topological polar surface area (TPSA) is 78.9 Å². The number of hydrogen-bond acceptors (Lipinski definition) is 3. The van der Waals surface area contributed by atoms with Crippen LogP contribution in [0.5, 0.6) is 0 Å². The zero-order chi connectivity index (χ0) is 8.15. The Morgan fingerprint density at radius 2 is 2.20 bits per heavy atom. The third kappa shape index (κ3) is 3.05. The van der Waals surface area contributed by atoms with Crippen LogP contribution in [0, 0.1) is 11.3 Å². The maximum absolute atomic E-state index is 10.4. The highest BCUT2D eigenvalue weighted by Gasteiger charge is 2.13. The number of amides is 1. The summed E-state index contributed by atoms with van der Waals surface area (Å²) in [5, 5.41) is 11.0. The number of carbonyl (C=O) groups excluding carboxylic acids is 1. The fourth-order valence-corrected chi connectivity index (χ4v) is 0.516. The van der Waals surface area contributed by atoms with Crippen LogP contribution in [-0.4, -0.2) is 18.0 Å². The summed E-state index contributed by atoms with van der Waals surface area (Å²) in [5.74, 6) is -0.629. The van der Waals surface area contributed by atoms with Crippen LogP contribution in [0.3, 0.4) is 0 Å². The standard InChI is InChI=1S/C6H11N3O/c1-4(2)9-5(3-7)6(8)10/h4-5,9H,1-2H3,(H2,8,10). The summed E-state index contributed by atoms with van der Waals surface area (Å²) < 4.78 is 0. The average Bonchev–Trinajstić information content (AvgIpc) is 1.81. The van der Waals surface area contributed by atoms with Gasteiger partial charge in [-0.3, -0.25) is 10.1 Å². The van der Waals surface area contributed by atoms with Crippen molar-refractivity contribution in [2.45, 2.75) is 25.9 Å². The normalized spacial score (nSPS) is 12.6. The largest absolute Gasteiger partial charge is 0.367 e. The Hall–Kier alpha value is -1.08. The number of nitrogens with zero attached hydrogens (tertiary/aromatic N) is 1. The van der Waals surface area contributed by atoms with Gasteiger partial charge in [-0.05, 0) is 13.8 Å². The molecule has 0 aliphatic heterocycles. The van der Waals surface area contributed by atoms with Gasteiger partial charge in [0.25, 0.3) is 0 Å². The fraction of sp³-hybridized carbons (Fsp3) is 0.667. The highest BCUT2D eigenvalue weighted by Crippen LogP contribution is 1.83. The Kier molecular flexibility index (Phi) is 3.44. The zero-order valence-corrected chi connectivity index (χ0v) is 6.09. The van der Waals surface area contributed by atoms with Crippen molar-refractivity contribution in [3.05, 3.63) is 0 Å². The van der Waals surface area contributed by atoms with E-state index >= 15 is 0 Å². The molecule has 1 unspecified atom stereocenters. The maximum Gasteiger partial charge on any atom is 0.249 e. The summed E-state index contributed by atoms with van der Waals surface area (Å²) in [7, 11) is 0. The molecule has 10 heavy (non-hydrogen) atoms. The van der Waals surface area contributed by atoms with Crippen LogP contribution < -0.4 is 11.1 Å². The van der Waals surface area contributed by atoms with Gasteiger partial charge in [0.15, 0.2) is 6.04 Å². The molecule has 0 aromatic rings. The first-order valence-electron chi connectivity index (χ1n) is 3.03. The molecule has 0 aliphatic carbocycles. The lowest BCUT2D eigenvalue weighted by Gasteiger charge is -2.09. The predicted octanol–water partition coefficient (Wildman–Crippen LogP) is -0.638. The Morgan fingerprint density at radius 1 is 1.70 bits per heavy atom. The number of hydrogen-bond donors (Lipinski definition) is 2. The molecule has 0 rings (SSSR count). The van der Waals surface area contributed by atoms with Crippen molar-refractivity contribution in [3.63, 3.8) is 0 Å². The summed E-state index contributed by atoms with van der Waals surface area (Å²) in [6.07, 6.45) is 0. The zero-order valence-electron chi connectivity index (χ0n) is 6.09. The molecule has 4 nitrogen and oxygen atoms in total. The van der Waals surface area contributed by atoms with E-state index in [2.05, 4.69) is 5.32 Å². The van der Waals surface area contributed by atoms with E-state index in [1.165, 1.54) is 0 Å². The Morgan fingerprint density at radius 3 is 2.30 bits per heavy atom. The molecule has 3 N–H and O–H groups in total. The molecule has 0 fully saturated rings. The smallest absolute Gasteiger partial charge is 0.249 e. The number of primary amides is 1. The lowest BCUT2D eigenvalue weighted by molar-refractivity contribution is -0.118. The monoisotopic (exact) mass is 141 g/mol. The van der Waals surface area contributed by atoms with Crippen LogP contribution in [0.1, 0.15) is 13.8 Å². The molecule has 0 aromatic heterocycles. The van der Waals surface area contributed by atoms with Gasteiger partial charge < -0.3 is 5.73 Å². The van der Waals surface area contributed by atoms with Crippen LogP contribution in [0.4, 0.5) is 0 Å². The maximum atomic E-state index is 10.4. The van der Waals surface area contributed by atoms with Crippen LogP contribution in [0.2, 0.25) is 0 Å². The van der Waals surface area contributed by atoms with Gasteiger partial charge in [-0.15, -0.1) is 0 Å². The second kappa shape index (κ2) is 3.85. The van der Waals surface area contributed by atoms with Crippen molar-refractivity contribution in [2.75, 3.05) is 0 Å². The molecule has 0 spiro atoms. The number of rotatable bonds is 3. The van der Waals surface area contributed by atoms with Crippen molar-refractivity contribution < 1.29 is 4.79 Å². The molecule has 0 aromatic carbocycles. The average molecular weight is 141 g/mol. The molecule has 0 radical (unpaired) electrons. The predicted molar refractivity (Wildman–Crippen MR) is 36.9 cm³/mol. The summed E-state index contributed by atoms with van der Waals surface area (Å²) in [6, 6.07) is 0.981. The Labute approximate surface area is 60.0 Å². The van der Waals surface area contributed by atoms with Crippen LogP contribution in [0.15, 0.2) is 0 Å². The minimum absolute atomic E-state index is 0.0946. The van der Waals surface area contributed by atoms with Crippen molar-refractivity contribution in [2.24, 2.45) is 5.73 Å². The first-order chi connectivity index (χ1) is 4.57. The molecule has 0 saturated carbocycles. The third-order valence-electron chi connectivity index (χ3n) is 0.914. The number of nitrogens with two attached hydrogens (primary N) is 1.